The van der Waals surface area contributed by atoms with E-state index in [9.17, 15) is 28.6 Å². The molecule has 0 spiro atoms. The topological polar surface area (TPSA) is 197 Å². The quantitative estimate of drug-likeness (QED) is 0.0984. The van der Waals surface area contributed by atoms with E-state index in [4.69, 9.17) is 18.7 Å². The number of H-pyrrole nitrogens is 1. The van der Waals surface area contributed by atoms with Gasteiger partial charge in [-0.05, 0) is 31.2 Å². The van der Waals surface area contributed by atoms with Gasteiger partial charge in [0.05, 0.1) is 0 Å². The van der Waals surface area contributed by atoms with Crippen LogP contribution in [0.2, 0.25) is 0 Å². The zero-order valence-corrected chi connectivity index (χ0v) is 24.8. The minimum Gasteiger partial charge on any atom is -0.431 e. The van der Waals surface area contributed by atoms with Crippen LogP contribution in [0.15, 0.2) is 64.3 Å². The summed E-state index contributed by atoms with van der Waals surface area (Å²) < 4.78 is 40.1. The number of benzene rings is 1. The van der Waals surface area contributed by atoms with E-state index in [-0.39, 0.29) is 19.1 Å². The molecule has 16 heteroatoms. The smallest absolute Gasteiger partial charge is 0.431 e. The van der Waals surface area contributed by atoms with Gasteiger partial charge in [-0.3, -0.25) is 23.4 Å². The van der Waals surface area contributed by atoms with Crippen molar-refractivity contribution in [1.29, 1.82) is 0 Å². The highest BCUT2D eigenvalue weighted by Gasteiger charge is 2.49. The number of amides is 2. The Hall–Kier alpha value is -3.75. The molecule has 0 aliphatic carbocycles. The number of carbonyl (C=O) groups excluding carboxylic acids is 2. The lowest BCUT2D eigenvalue weighted by Gasteiger charge is -2.25. The van der Waals surface area contributed by atoms with Gasteiger partial charge >= 0.3 is 25.7 Å². The Morgan fingerprint density at radius 2 is 1.91 bits per heavy atom. The summed E-state index contributed by atoms with van der Waals surface area (Å²) in [5.74, 6) is -0.751. The number of aromatic nitrogens is 2. The molecule has 5 atom stereocenters. The van der Waals surface area contributed by atoms with Crippen LogP contribution in [-0.2, 0) is 34.4 Å². The van der Waals surface area contributed by atoms with E-state index in [1.165, 1.54) is 13.2 Å². The van der Waals surface area contributed by atoms with Gasteiger partial charge in [-0.1, -0.05) is 42.5 Å². The Balaban J connectivity index is 1.74. The number of nitrogens with one attached hydrogen (secondary N) is 3. The third-order valence-electron chi connectivity index (χ3n) is 6.53. The van der Waals surface area contributed by atoms with Crippen molar-refractivity contribution in [3.63, 3.8) is 0 Å². The summed E-state index contributed by atoms with van der Waals surface area (Å²) in [6, 6.07) is 9.82. The van der Waals surface area contributed by atoms with Gasteiger partial charge in [0.1, 0.15) is 31.6 Å². The first-order valence-corrected chi connectivity index (χ1v) is 15.1. The van der Waals surface area contributed by atoms with E-state index in [1.54, 1.807) is 24.3 Å². The maximum absolute atomic E-state index is 12.7. The second kappa shape index (κ2) is 16.8. The first-order chi connectivity index (χ1) is 20.6. The third kappa shape index (κ3) is 10.8. The van der Waals surface area contributed by atoms with Crippen LogP contribution in [0.5, 0.6) is 0 Å². The fraction of sp³-hybridized carbons (Fsp3) is 0.481. The standard InChI is InChI=1S/C27H37N4O11P/c1-28-25(33)29-15-10-5-3-4-9-13-20-23(42-43(36,37)38-2)21(41-24(20)31-16-14-22(32)30-26(31)34)18-40-27(35)39-17-19-11-7-6-8-12-19/h4,6-9,11-12,14,16,20-21,23-24H,3,5,10,13,15,17-18H2,1-2H3,(H,36,37)(H2,28,29,33)(H,30,32,34)/b9-4+/t20?,21-,23-,24-/m1/s1. The molecule has 1 aromatic carbocycles. The fourth-order valence-corrected chi connectivity index (χ4v) is 5.07. The zero-order chi connectivity index (χ0) is 31.2. The molecule has 3 rings (SSSR count). The van der Waals surface area contributed by atoms with Crippen LogP contribution >= 0.6 is 7.82 Å². The molecule has 1 aliphatic rings. The molecule has 236 valence electrons. The Morgan fingerprint density at radius 3 is 2.60 bits per heavy atom. The van der Waals surface area contributed by atoms with Crippen LogP contribution in [0.3, 0.4) is 0 Å². The van der Waals surface area contributed by atoms with Gasteiger partial charge in [0, 0.05) is 38.9 Å². The molecule has 2 amide bonds. The molecule has 0 saturated carbocycles. The maximum atomic E-state index is 12.7. The van der Waals surface area contributed by atoms with Gasteiger partial charge in [0.2, 0.25) is 0 Å². The molecule has 2 unspecified atom stereocenters. The van der Waals surface area contributed by atoms with Gasteiger partial charge in [-0.25, -0.2) is 18.9 Å². The van der Waals surface area contributed by atoms with Crippen LogP contribution < -0.4 is 21.9 Å². The molecule has 15 nitrogen and oxygen atoms in total. The number of urea groups is 1. The summed E-state index contributed by atoms with van der Waals surface area (Å²) in [6.07, 6.45) is 3.00. The lowest BCUT2D eigenvalue weighted by Crippen LogP contribution is -2.35. The number of phosphoric ester groups is 1. The van der Waals surface area contributed by atoms with Crippen LogP contribution in [0.1, 0.15) is 37.5 Å². The molecule has 0 bridgehead atoms. The van der Waals surface area contributed by atoms with Crippen LogP contribution in [0.4, 0.5) is 9.59 Å². The van der Waals surface area contributed by atoms with Gasteiger partial charge < -0.3 is 29.7 Å². The van der Waals surface area contributed by atoms with Gasteiger partial charge in [-0.15, -0.1) is 0 Å². The van der Waals surface area contributed by atoms with Crippen molar-refractivity contribution in [3.05, 3.63) is 81.1 Å². The van der Waals surface area contributed by atoms with E-state index < -0.39 is 56.2 Å². The number of unbranched alkanes of at least 4 members (excludes halogenated alkanes) is 2. The molecule has 1 aliphatic heterocycles. The number of aromatic amines is 1. The second-order valence-corrected chi connectivity index (χ2v) is 11.0. The number of nitrogens with zero attached hydrogens (tertiary/aromatic N) is 1. The minimum atomic E-state index is -4.56. The summed E-state index contributed by atoms with van der Waals surface area (Å²) in [7, 11) is -2.03. The Bertz CT molecular complexity index is 1380. The van der Waals surface area contributed by atoms with Crippen molar-refractivity contribution in [2.75, 3.05) is 27.3 Å². The molecule has 2 heterocycles. The van der Waals surface area contributed by atoms with Crippen molar-refractivity contribution in [3.8, 4) is 0 Å². The summed E-state index contributed by atoms with van der Waals surface area (Å²) in [5, 5.41) is 5.18. The Labute approximate surface area is 247 Å². The lowest BCUT2D eigenvalue weighted by molar-refractivity contribution is -0.0605. The number of hydrogen-bond donors (Lipinski definition) is 4. The van der Waals surface area contributed by atoms with Gasteiger partial charge in [0.25, 0.3) is 5.56 Å². The Kier molecular flexibility index (Phi) is 13.2. The molecule has 2 aromatic rings. The van der Waals surface area contributed by atoms with Crippen LogP contribution in [-0.4, -0.2) is 66.1 Å². The molecular formula is C27H37N4O11P. The number of rotatable bonds is 15. The largest absolute Gasteiger partial charge is 0.508 e. The molecule has 0 radical (unpaired) electrons. The number of allylic oxidation sites excluding steroid dienone is 2. The normalized spacial score (nSPS) is 21.3. The monoisotopic (exact) mass is 624 g/mol. The van der Waals surface area contributed by atoms with E-state index in [1.807, 2.05) is 18.2 Å². The lowest BCUT2D eigenvalue weighted by atomic mass is 9.95. The highest BCUT2D eigenvalue weighted by Crippen LogP contribution is 2.50. The average Bonchev–Trinajstić information content (AvgIpc) is 3.32. The number of phosphoric acid groups is 1. The first-order valence-electron chi connectivity index (χ1n) is 13.6. The minimum absolute atomic E-state index is 0.0364. The van der Waals surface area contributed by atoms with Crippen molar-refractivity contribution < 1.29 is 42.3 Å². The SMILES string of the molecule is CNC(=O)NCCCC/C=C/CC1[C@@H](OP(=O)(O)OC)[C@@H](COC(=O)OCc2ccccc2)O[C@H]1n1ccc(=O)[nH]c1=O. The van der Waals surface area contributed by atoms with Gasteiger partial charge in [0.15, 0.2) is 0 Å². The third-order valence-corrected chi connectivity index (χ3v) is 7.50. The summed E-state index contributed by atoms with van der Waals surface area (Å²) in [4.78, 5) is 60.2. The summed E-state index contributed by atoms with van der Waals surface area (Å²) >= 11 is 0. The van der Waals surface area contributed by atoms with E-state index in [0.29, 0.717) is 13.0 Å². The van der Waals surface area contributed by atoms with E-state index in [2.05, 4.69) is 20.1 Å². The summed E-state index contributed by atoms with van der Waals surface area (Å²) in [6.45, 7) is 0.0375. The maximum Gasteiger partial charge on any atom is 0.508 e. The van der Waals surface area contributed by atoms with Crippen molar-refractivity contribution in [2.24, 2.45) is 5.92 Å². The highest BCUT2D eigenvalue weighted by atomic mass is 31.2. The highest BCUT2D eigenvalue weighted by molar-refractivity contribution is 7.47. The molecular weight excluding hydrogens is 587 g/mol. The second-order valence-electron chi connectivity index (χ2n) is 9.51. The molecule has 4 N–H and O–H groups in total. The van der Waals surface area contributed by atoms with E-state index in [0.717, 1.165) is 36.1 Å². The molecule has 43 heavy (non-hydrogen) atoms. The van der Waals surface area contributed by atoms with Gasteiger partial charge in [-0.2, -0.15) is 0 Å². The predicted molar refractivity (Wildman–Crippen MR) is 153 cm³/mol. The zero-order valence-electron chi connectivity index (χ0n) is 23.9. The number of carbonyl (C=O) groups is 2. The Morgan fingerprint density at radius 1 is 1.14 bits per heavy atom. The van der Waals surface area contributed by atoms with E-state index >= 15 is 0 Å². The fourth-order valence-electron chi connectivity index (χ4n) is 4.38. The van der Waals surface area contributed by atoms with Crippen molar-refractivity contribution in [2.45, 2.75) is 50.7 Å². The summed E-state index contributed by atoms with van der Waals surface area (Å²) in [5.41, 5.74) is -0.641. The van der Waals surface area contributed by atoms with Crippen LogP contribution in [0.25, 0.3) is 0 Å². The van der Waals surface area contributed by atoms with Crippen molar-refractivity contribution in [1.82, 2.24) is 20.2 Å². The number of ether oxygens (including phenoxy) is 3. The molecule has 1 aromatic heterocycles. The van der Waals surface area contributed by atoms with Crippen LogP contribution in [0, 0.1) is 5.92 Å². The predicted octanol–water partition coefficient (Wildman–Crippen LogP) is 2.58. The van der Waals surface area contributed by atoms with Crippen molar-refractivity contribution >= 4 is 20.0 Å². The molecule has 1 saturated heterocycles. The first kappa shape index (κ1) is 33.7. The molecule has 1 fully saturated rings. The average molecular weight is 625 g/mol. The number of hydrogen-bond acceptors (Lipinski definition) is 10.